The van der Waals surface area contributed by atoms with E-state index < -0.39 is 0 Å². The Labute approximate surface area is 137 Å². The highest BCUT2D eigenvalue weighted by Gasteiger charge is 2.19. The molecule has 0 N–H and O–H groups in total. The molecular formula is C20H13N3O. The molecule has 0 saturated carbocycles. The fourth-order valence-electron chi connectivity index (χ4n) is 3.41. The van der Waals surface area contributed by atoms with Crippen LogP contribution in [0.15, 0.2) is 60.7 Å². The molecule has 2 aromatic carbocycles. The van der Waals surface area contributed by atoms with E-state index >= 15 is 0 Å². The van der Waals surface area contributed by atoms with Gasteiger partial charge in [0, 0.05) is 0 Å². The van der Waals surface area contributed by atoms with Gasteiger partial charge in [0.2, 0.25) is 0 Å². The van der Waals surface area contributed by atoms with Gasteiger partial charge in [0.05, 0.1) is 27.6 Å². The summed E-state index contributed by atoms with van der Waals surface area (Å²) in [6.07, 6.45) is 0. The predicted molar refractivity (Wildman–Crippen MR) is 95.5 cm³/mol. The number of benzene rings is 2. The van der Waals surface area contributed by atoms with Crippen molar-refractivity contribution in [2.75, 3.05) is 0 Å². The monoisotopic (exact) mass is 311 g/mol. The first-order valence-corrected chi connectivity index (χ1v) is 7.83. The van der Waals surface area contributed by atoms with E-state index in [-0.39, 0.29) is 5.78 Å². The van der Waals surface area contributed by atoms with Crippen molar-refractivity contribution in [3.8, 4) is 0 Å². The Hall–Kier alpha value is -3.27. The Balaban J connectivity index is 2.13. The molecular weight excluding hydrogens is 298 g/mol. The van der Waals surface area contributed by atoms with Crippen LogP contribution in [0, 0.1) is 0 Å². The summed E-state index contributed by atoms with van der Waals surface area (Å²) in [4.78, 5) is 21.9. The number of rotatable bonds is 1. The number of carbonyl (C=O) groups is 1. The largest absolute Gasteiger partial charge is 0.294 e. The van der Waals surface area contributed by atoms with E-state index in [0.29, 0.717) is 11.1 Å². The lowest BCUT2D eigenvalue weighted by Crippen LogP contribution is -1.93. The highest BCUT2D eigenvalue weighted by atomic mass is 16.1. The zero-order valence-electron chi connectivity index (χ0n) is 13.0. The van der Waals surface area contributed by atoms with E-state index in [2.05, 4.69) is 6.07 Å². The number of hydrogen-bond donors (Lipinski definition) is 0. The van der Waals surface area contributed by atoms with Gasteiger partial charge in [0.1, 0.15) is 5.52 Å². The van der Waals surface area contributed by atoms with E-state index in [1.54, 1.807) is 6.92 Å². The van der Waals surface area contributed by atoms with Crippen molar-refractivity contribution in [1.29, 1.82) is 0 Å². The molecule has 114 valence electrons. The molecule has 24 heavy (non-hydrogen) atoms. The maximum atomic E-state index is 12.3. The number of nitrogens with zero attached hydrogens (tertiary/aromatic N) is 3. The molecule has 3 aromatic heterocycles. The standard InChI is InChI=1S/C20H13N3O/c1-12(24)18-17-11-10-13-6-2-5-9-16(13)23(17)20-19(18)21-14-7-3-4-8-15(14)22-20/h2-11H,1H3. The van der Waals surface area contributed by atoms with Crippen molar-refractivity contribution in [2.24, 2.45) is 0 Å². The molecule has 4 nitrogen and oxygen atoms in total. The smallest absolute Gasteiger partial charge is 0.165 e. The van der Waals surface area contributed by atoms with Crippen molar-refractivity contribution < 1.29 is 4.79 Å². The summed E-state index contributed by atoms with van der Waals surface area (Å²) in [6.45, 7) is 1.58. The van der Waals surface area contributed by atoms with Crippen molar-refractivity contribution in [3.63, 3.8) is 0 Å². The second-order valence-electron chi connectivity index (χ2n) is 5.93. The van der Waals surface area contributed by atoms with Gasteiger partial charge in [-0.05, 0) is 36.6 Å². The van der Waals surface area contributed by atoms with Gasteiger partial charge in [-0.15, -0.1) is 0 Å². The molecule has 0 aliphatic carbocycles. The predicted octanol–water partition coefficient (Wildman–Crippen LogP) is 4.39. The third kappa shape index (κ3) is 1.65. The summed E-state index contributed by atoms with van der Waals surface area (Å²) in [5.41, 5.74) is 5.53. The van der Waals surface area contributed by atoms with Gasteiger partial charge in [-0.25, -0.2) is 9.97 Å². The minimum atomic E-state index is 0.00219. The van der Waals surface area contributed by atoms with Crippen LogP contribution in [0.5, 0.6) is 0 Å². The van der Waals surface area contributed by atoms with Crippen LogP contribution in [0.3, 0.4) is 0 Å². The summed E-state index contributed by atoms with van der Waals surface area (Å²) in [5.74, 6) is 0.00219. The SMILES string of the molecule is CC(=O)c1c2nc3ccccc3nc2n2c1ccc1ccccc12. The number of para-hydroxylation sites is 3. The Morgan fingerprint density at radius 2 is 1.54 bits per heavy atom. The second kappa shape index (κ2) is 4.61. The number of fused-ring (bicyclic) bond motifs is 6. The van der Waals surface area contributed by atoms with Crippen molar-refractivity contribution in [1.82, 2.24) is 14.4 Å². The lowest BCUT2D eigenvalue weighted by molar-refractivity contribution is 0.102. The summed E-state index contributed by atoms with van der Waals surface area (Å²) in [5, 5.41) is 1.10. The van der Waals surface area contributed by atoms with Gasteiger partial charge in [-0.3, -0.25) is 9.20 Å². The van der Waals surface area contributed by atoms with Crippen LogP contribution in [0.4, 0.5) is 0 Å². The molecule has 0 aliphatic rings. The van der Waals surface area contributed by atoms with Gasteiger partial charge in [0.25, 0.3) is 0 Å². The van der Waals surface area contributed by atoms with E-state index in [0.717, 1.165) is 33.1 Å². The van der Waals surface area contributed by atoms with E-state index in [1.807, 2.05) is 59.0 Å². The zero-order chi connectivity index (χ0) is 16.3. The molecule has 0 amide bonds. The highest BCUT2D eigenvalue weighted by Crippen LogP contribution is 2.30. The van der Waals surface area contributed by atoms with Gasteiger partial charge >= 0.3 is 0 Å². The summed E-state index contributed by atoms with van der Waals surface area (Å²) in [7, 11) is 0. The Morgan fingerprint density at radius 1 is 0.833 bits per heavy atom. The van der Waals surface area contributed by atoms with Crippen molar-refractivity contribution >= 4 is 44.4 Å². The topological polar surface area (TPSA) is 47.3 Å². The molecule has 0 bridgehead atoms. The van der Waals surface area contributed by atoms with Gasteiger partial charge in [-0.2, -0.15) is 0 Å². The molecule has 4 heteroatoms. The maximum Gasteiger partial charge on any atom is 0.165 e. The van der Waals surface area contributed by atoms with Gasteiger partial charge in [0.15, 0.2) is 11.4 Å². The number of ketones is 1. The number of pyridine rings is 1. The average molecular weight is 311 g/mol. The minimum absolute atomic E-state index is 0.00219. The average Bonchev–Trinajstić information content (AvgIpc) is 2.93. The summed E-state index contributed by atoms with van der Waals surface area (Å²) in [6, 6.07) is 19.9. The Bertz CT molecular complexity index is 1280. The van der Waals surface area contributed by atoms with Crippen LogP contribution in [0.25, 0.3) is 38.6 Å². The first-order chi connectivity index (χ1) is 11.7. The molecule has 0 aliphatic heterocycles. The van der Waals surface area contributed by atoms with Crippen LogP contribution in [0.2, 0.25) is 0 Å². The Kier molecular flexibility index (Phi) is 2.54. The van der Waals surface area contributed by atoms with E-state index in [1.165, 1.54) is 0 Å². The molecule has 0 unspecified atom stereocenters. The third-order valence-electron chi connectivity index (χ3n) is 4.45. The molecule has 5 aromatic rings. The van der Waals surface area contributed by atoms with Crippen LogP contribution in [0.1, 0.15) is 17.3 Å². The lowest BCUT2D eigenvalue weighted by Gasteiger charge is -2.04. The maximum absolute atomic E-state index is 12.3. The molecule has 0 radical (unpaired) electrons. The quantitative estimate of drug-likeness (QED) is 0.431. The minimum Gasteiger partial charge on any atom is -0.294 e. The Morgan fingerprint density at radius 3 is 2.33 bits per heavy atom. The first kappa shape index (κ1) is 13.2. The van der Waals surface area contributed by atoms with Crippen LogP contribution < -0.4 is 0 Å². The third-order valence-corrected chi connectivity index (χ3v) is 4.45. The highest BCUT2D eigenvalue weighted by molar-refractivity contribution is 6.14. The fourth-order valence-corrected chi connectivity index (χ4v) is 3.41. The molecule has 0 fully saturated rings. The molecule has 0 spiro atoms. The molecule has 0 saturated heterocycles. The number of aromatic nitrogens is 3. The zero-order valence-corrected chi connectivity index (χ0v) is 13.0. The fraction of sp³-hybridized carbons (Fsp3) is 0.0500. The number of Topliss-reactive ketones (excluding diaryl/α,β-unsaturated/α-hetero) is 1. The van der Waals surface area contributed by atoms with Crippen LogP contribution in [-0.4, -0.2) is 20.2 Å². The lowest BCUT2D eigenvalue weighted by atomic mass is 10.1. The van der Waals surface area contributed by atoms with Gasteiger partial charge in [-0.1, -0.05) is 36.4 Å². The van der Waals surface area contributed by atoms with E-state index in [4.69, 9.17) is 9.97 Å². The molecule has 0 atom stereocenters. The van der Waals surface area contributed by atoms with Gasteiger partial charge < -0.3 is 0 Å². The van der Waals surface area contributed by atoms with Crippen molar-refractivity contribution in [3.05, 3.63) is 66.2 Å². The summed E-state index contributed by atoms with van der Waals surface area (Å²) >= 11 is 0. The van der Waals surface area contributed by atoms with Crippen molar-refractivity contribution in [2.45, 2.75) is 6.92 Å². The van der Waals surface area contributed by atoms with Crippen LogP contribution >= 0.6 is 0 Å². The molecule has 5 rings (SSSR count). The second-order valence-corrected chi connectivity index (χ2v) is 5.93. The normalized spacial score (nSPS) is 11.7. The molecule has 3 heterocycles. The van der Waals surface area contributed by atoms with E-state index in [9.17, 15) is 4.79 Å². The number of carbonyl (C=O) groups excluding carboxylic acids is 1. The number of hydrogen-bond acceptors (Lipinski definition) is 3. The van der Waals surface area contributed by atoms with Crippen LogP contribution in [-0.2, 0) is 0 Å². The first-order valence-electron chi connectivity index (χ1n) is 7.83. The summed E-state index contributed by atoms with van der Waals surface area (Å²) < 4.78 is 2.04.